The summed E-state index contributed by atoms with van der Waals surface area (Å²) in [6.07, 6.45) is 1.46. The van der Waals surface area contributed by atoms with Crippen molar-refractivity contribution in [2.75, 3.05) is 0 Å². The van der Waals surface area contributed by atoms with E-state index in [-0.39, 0.29) is 17.2 Å². The SMILES string of the molecule is CCC[C@@H](Br)C(=O)NNC(=O)c1cccc([N+](=O)[O-])c1. The third kappa shape index (κ3) is 4.61. The molecule has 0 aliphatic heterocycles. The van der Waals surface area contributed by atoms with Crippen LogP contribution in [0.2, 0.25) is 0 Å². The maximum Gasteiger partial charge on any atom is 0.270 e. The van der Waals surface area contributed by atoms with Gasteiger partial charge in [0, 0.05) is 17.7 Å². The summed E-state index contributed by atoms with van der Waals surface area (Å²) in [4.78, 5) is 32.9. The Hall–Kier alpha value is -1.96. The first-order valence-electron chi connectivity index (χ1n) is 5.94. The highest BCUT2D eigenvalue weighted by molar-refractivity contribution is 9.10. The summed E-state index contributed by atoms with van der Waals surface area (Å²) in [5.41, 5.74) is 4.38. The number of nitro groups is 1. The molecule has 1 rings (SSSR count). The lowest BCUT2D eigenvalue weighted by Crippen LogP contribution is -2.44. The molecule has 20 heavy (non-hydrogen) atoms. The molecule has 0 bridgehead atoms. The van der Waals surface area contributed by atoms with Crippen LogP contribution in [0.3, 0.4) is 0 Å². The highest BCUT2D eigenvalue weighted by atomic mass is 79.9. The summed E-state index contributed by atoms with van der Waals surface area (Å²) < 4.78 is 0. The van der Waals surface area contributed by atoms with Gasteiger partial charge in [0.2, 0.25) is 0 Å². The number of nitrogens with one attached hydrogen (secondary N) is 2. The predicted molar refractivity (Wildman–Crippen MR) is 76.3 cm³/mol. The van der Waals surface area contributed by atoms with Crippen LogP contribution in [0.4, 0.5) is 5.69 Å². The van der Waals surface area contributed by atoms with Crippen LogP contribution in [0.5, 0.6) is 0 Å². The van der Waals surface area contributed by atoms with Gasteiger partial charge in [-0.25, -0.2) is 0 Å². The molecule has 1 aromatic carbocycles. The van der Waals surface area contributed by atoms with Gasteiger partial charge >= 0.3 is 0 Å². The first-order chi connectivity index (χ1) is 9.45. The van der Waals surface area contributed by atoms with E-state index < -0.39 is 15.7 Å². The van der Waals surface area contributed by atoms with Gasteiger partial charge in [-0.05, 0) is 12.5 Å². The van der Waals surface area contributed by atoms with Crippen LogP contribution >= 0.6 is 15.9 Å². The Morgan fingerprint density at radius 3 is 2.70 bits per heavy atom. The Balaban J connectivity index is 2.61. The maximum atomic E-state index is 11.7. The third-order valence-electron chi connectivity index (χ3n) is 2.45. The largest absolute Gasteiger partial charge is 0.272 e. The minimum absolute atomic E-state index is 0.0983. The average Bonchev–Trinajstić information content (AvgIpc) is 2.44. The van der Waals surface area contributed by atoms with Crippen LogP contribution in [0.25, 0.3) is 0 Å². The normalized spacial score (nSPS) is 11.5. The Bertz CT molecular complexity index is 521. The number of hydrogen-bond donors (Lipinski definition) is 2. The van der Waals surface area contributed by atoms with E-state index in [1.54, 1.807) is 0 Å². The second kappa shape index (κ2) is 7.59. The lowest BCUT2D eigenvalue weighted by atomic mass is 10.2. The van der Waals surface area contributed by atoms with E-state index in [2.05, 4.69) is 26.8 Å². The van der Waals surface area contributed by atoms with E-state index in [9.17, 15) is 19.7 Å². The fraction of sp³-hybridized carbons (Fsp3) is 0.333. The highest BCUT2D eigenvalue weighted by Gasteiger charge is 2.15. The molecule has 0 saturated carbocycles. The van der Waals surface area contributed by atoms with Crippen molar-refractivity contribution in [1.29, 1.82) is 0 Å². The number of nitro benzene ring substituents is 1. The van der Waals surface area contributed by atoms with Crippen molar-refractivity contribution in [2.45, 2.75) is 24.6 Å². The van der Waals surface area contributed by atoms with Gasteiger partial charge in [0.25, 0.3) is 17.5 Å². The van der Waals surface area contributed by atoms with Crippen molar-refractivity contribution >= 4 is 33.4 Å². The van der Waals surface area contributed by atoms with Crippen molar-refractivity contribution in [2.24, 2.45) is 0 Å². The zero-order chi connectivity index (χ0) is 15.1. The van der Waals surface area contributed by atoms with Crippen molar-refractivity contribution < 1.29 is 14.5 Å². The van der Waals surface area contributed by atoms with Gasteiger partial charge < -0.3 is 0 Å². The van der Waals surface area contributed by atoms with E-state index in [4.69, 9.17) is 0 Å². The number of carbonyl (C=O) groups excluding carboxylic acids is 2. The highest BCUT2D eigenvalue weighted by Crippen LogP contribution is 2.12. The van der Waals surface area contributed by atoms with Crippen LogP contribution in [-0.2, 0) is 4.79 Å². The van der Waals surface area contributed by atoms with Crippen LogP contribution < -0.4 is 10.9 Å². The molecule has 0 fully saturated rings. The van der Waals surface area contributed by atoms with E-state index in [1.165, 1.54) is 18.2 Å². The molecule has 0 heterocycles. The van der Waals surface area contributed by atoms with E-state index in [0.717, 1.165) is 12.5 Å². The Labute approximate surface area is 124 Å². The van der Waals surface area contributed by atoms with Gasteiger partial charge in [-0.15, -0.1) is 0 Å². The summed E-state index contributed by atoms with van der Waals surface area (Å²) >= 11 is 3.19. The van der Waals surface area contributed by atoms with Crippen molar-refractivity contribution in [3.63, 3.8) is 0 Å². The molecule has 2 N–H and O–H groups in total. The first kappa shape index (κ1) is 16.1. The van der Waals surface area contributed by atoms with Crippen LogP contribution in [0, 0.1) is 10.1 Å². The van der Waals surface area contributed by atoms with Crippen LogP contribution in [0.15, 0.2) is 24.3 Å². The monoisotopic (exact) mass is 343 g/mol. The summed E-state index contributed by atoms with van der Waals surface area (Å²) in [6, 6.07) is 5.25. The average molecular weight is 344 g/mol. The topological polar surface area (TPSA) is 101 Å². The molecule has 0 spiro atoms. The Morgan fingerprint density at radius 2 is 2.10 bits per heavy atom. The maximum absolute atomic E-state index is 11.7. The summed E-state index contributed by atoms with van der Waals surface area (Å²) in [5, 5.41) is 10.6. The molecule has 8 heteroatoms. The van der Waals surface area contributed by atoms with Gasteiger partial charge in [0.15, 0.2) is 0 Å². The lowest BCUT2D eigenvalue weighted by molar-refractivity contribution is -0.384. The molecular weight excluding hydrogens is 330 g/mol. The molecule has 0 radical (unpaired) electrons. The number of nitrogens with zero attached hydrogens (tertiary/aromatic N) is 1. The Morgan fingerprint density at radius 1 is 1.40 bits per heavy atom. The van der Waals surface area contributed by atoms with Crippen molar-refractivity contribution in [1.82, 2.24) is 10.9 Å². The third-order valence-corrected chi connectivity index (χ3v) is 3.32. The van der Waals surface area contributed by atoms with Gasteiger partial charge in [-0.1, -0.05) is 35.3 Å². The van der Waals surface area contributed by atoms with E-state index in [0.29, 0.717) is 6.42 Å². The number of hydrogen-bond acceptors (Lipinski definition) is 4. The number of non-ortho nitro benzene ring substituents is 1. The number of carbonyl (C=O) groups is 2. The smallest absolute Gasteiger partial charge is 0.270 e. The standard InChI is InChI=1S/C12H14BrN3O4/c1-2-4-10(13)12(18)15-14-11(17)8-5-3-6-9(7-8)16(19)20/h3,5-7,10H,2,4H2,1H3,(H,14,17)(H,15,18)/t10-/m1/s1. The lowest BCUT2D eigenvalue weighted by Gasteiger charge is -2.10. The van der Waals surface area contributed by atoms with Crippen molar-refractivity contribution in [3.05, 3.63) is 39.9 Å². The molecule has 0 unspecified atom stereocenters. The van der Waals surface area contributed by atoms with Gasteiger partial charge in [-0.2, -0.15) is 0 Å². The number of hydrazine groups is 1. The number of alkyl halides is 1. The summed E-state index contributed by atoms with van der Waals surface area (Å²) in [5.74, 6) is -0.983. The molecule has 0 aromatic heterocycles. The first-order valence-corrected chi connectivity index (χ1v) is 6.86. The molecule has 0 aliphatic rings. The zero-order valence-electron chi connectivity index (χ0n) is 10.8. The fourth-order valence-corrected chi connectivity index (χ4v) is 1.99. The second-order valence-electron chi connectivity index (χ2n) is 4.01. The minimum Gasteiger partial charge on any atom is -0.272 e. The molecule has 0 saturated heterocycles. The minimum atomic E-state index is -0.613. The second-order valence-corrected chi connectivity index (χ2v) is 5.11. The molecule has 1 atom stereocenters. The molecule has 2 amide bonds. The van der Waals surface area contributed by atoms with Gasteiger partial charge in [0.05, 0.1) is 9.75 Å². The molecule has 7 nitrogen and oxygen atoms in total. The number of amides is 2. The molecule has 1 aromatic rings. The van der Waals surface area contributed by atoms with E-state index in [1.807, 2.05) is 6.92 Å². The fourth-order valence-electron chi connectivity index (χ4n) is 1.41. The van der Waals surface area contributed by atoms with Crippen LogP contribution in [-0.4, -0.2) is 21.6 Å². The van der Waals surface area contributed by atoms with E-state index >= 15 is 0 Å². The van der Waals surface area contributed by atoms with Gasteiger partial charge in [0.1, 0.15) is 0 Å². The number of rotatable bonds is 5. The predicted octanol–water partition coefficient (Wildman–Crippen LogP) is 1.92. The van der Waals surface area contributed by atoms with Gasteiger partial charge in [-0.3, -0.25) is 30.6 Å². The zero-order valence-corrected chi connectivity index (χ0v) is 12.3. The number of benzene rings is 1. The number of halogens is 1. The molecule has 108 valence electrons. The Kier molecular flexibility index (Phi) is 6.10. The van der Waals surface area contributed by atoms with Crippen molar-refractivity contribution in [3.8, 4) is 0 Å². The molecular formula is C12H14BrN3O4. The summed E-state index contributed by atoms with van der Waals surface area (Å²) in [7, 11) is 0. The summed E-state index contributed by atoms with van der Waals surface area (Å²) in [6.45, 7) is 1.93. The molecule has 0 aliphatic carbocycles. The van der Waals surface area contributed by atoms with Crippen LogP contribution in [0.1, 0.15) is 30.1 Å². The quantitative estimate of drug-likeness (QED) is 0.484.